The second kappa shape index (κ2) is 8.81. The van der Waals surface area contributed by atoms with Crippen LogP contribution in [0.25, 0.3) is 11.4 Å². The van der Waals surface area contributed by atoms with E-state index in [1.54, 1.807) is 0 Å². The Kier molecular flexibility index (Phi) is 5.83. The number of hydrogen-bond donors (Lipinski definition) is 2. The molecule has 3 heterocycles. The third-order valence-electron chi connectivity index (χ3n) is 7.28. The quantitative estimate of drug-likeness (QED) is 0.670. The first-order valence-corrected chi connectivity index (χ1v) is 12.0. The molecule has 1 aromatic heterocycles. The fourth-order valence-corrected chi connectivity index (χ4v) is 5.22. The number of nitrogens with zero attached hydrogens (tertiary/aromatic N) is 4. The van der Waals surface area contributed by atoms with Gasteiger partial charge in [0, 0.05) is 18.7 Å². The van der Waals surface area contributed by atoms with E-state index in [9.17, 15) is 18.8 Å². The molecule has 9 nitrogen and oxygen atoms in total. The average molecular weight is 469 g/mol. The molecule has 0 atom stereocenters. The summed E-state index contributed by atoms with van der Waals surface area (Å²) in [4.78, 5) is 39.2. The van der Waals surface area contributed by atoms with Crippen molar-refractivity contribution >= 4 is 23.5 Å². The van der Waals surface area contributed by atoms with E-state index in [0.29, 0.717) is 30.3 Å². The lowest BCUT2D eigenvalue weighted by molar-refractivity contribution is -0.135. The summed E-state index contributed by atoms with van der Waals surface area (Å²) in [5.41, 5.74) is -0.275. The van der Waals surface area contributed by atoms with Gasteiger partial charge in [0.25, 0.3) is 5.91 Å². The summed E-state index contributed by atoms with van der Waals surface area (Å²) in [5, 5.41) is 13.9. The second-order valence-electron chi connectivity index (χ2n) is 9.73. The molecule has 1 aromatic carbocycles. The molecule has 0 unspecified atom stereocenters. The topological polar surface area (TPSA) is 109 Å². The van der Waals surface area contributed by atoms with Gasteiger partial charge in [-0.2, -0.15) is 0 Å². The minimum Gasteiger partial charge on any atom is -0.325 e. The van der Waals surface area contributed by atoms with Gasteiger partial charge in [0.2, 0.25) is 5.91 Å². The summed E-state index contributed by atoms with van der Waals surface area (Å²) in [6.07, 6.45) is 6.78. The minimum absolute atomic E-state index is 0.253. The Morgan fingerprint density at radius 2 is 2.00 bits per heavy atom. The molecule has 34 heavy (non-hydrogen) atoms. The maximum atomic E-state index is 14.7. The zero-order chi connectivity index (χ0) is 23.9. The molecule has 5 rings (SSSR count). The van der Waals surface area contributed by atoms with Gasteiger partial charge in [-0.05, 0) is 62.6 Å². The first-order chi connectivity index (χ1) is 16.4. The average Bonchev–Trinajstić information content (AvgIpc) is 3.19. The number of imide groups is 1. The maximum Gasteiger partial charge on any atom is 0.325 e. The van der Waals surface area contributed by atoms with Crippen LogP contribution in [0.15, 0.2) is 18.2 Å². The van der Waals surface area contributed by atoms with Crippen LogP contribution in [0.3, 0.4) is 0 Å². The normalized spacial score (nSPS) is 24.6. The summed E-state index contributed by atoms with van der Waals surface area (Å²) in [6, 6.07) is 3.70. The highest BCUT2D eigenvalue weighted by atomic mass is 19.1. The molecule has 0 radical (unpaired) electrons. The van der Waals surface area contributed by atoms with Crippen LogP contribution in [0, 0.1) is 11.7 Å². The monoisotopic (exact) mass is 468 g/mol. The largest absolute Gasteiger partial charge is 0.325 e. The number of aryl methyl sites for hydroxylation is 1. The first kappa shape index (κ1) is 22.5. The number of carbonyl (C=O) groups excluding carboxylic acids is 3. The van der Waals surface area contributed by atoms with Crippen molar-refractivity contribution in [2.45, 2.75) is 70.4 Å². The van der Waals surface area contributed by atoms with Gasteiger partial charge in [-0.3, -0.25) is 14.5 Å². The van der Waals surface area contributed by atoms with Crippen LogP contribution in [-0.4, -0.2) is 49.6 Å². The molecule has 2 fully saturated rings. The Morgan fingerprint density at radius 1 is 1.21 bits per heavy atom. The lowest BCUT2D eigenvalue weighted by atomic mass is 9.77. The molecule has 2 aromatic rings. The lowest BCUT2D eigenvalue weighted by Gasteiger charge is -2.33. The van der Waals surface area contributed by atoms with Crippen LogP contribution in [0.1, 0.15) is 57.7 Å². The third-order valence-corrected chi connectivity index (χ3v) is 7.28. The summed E-state index contributed by atoms with van der Waals surface area (Å²) >= 11 is 0. The fourth-order valence-electron chi connectivity index (χ4n) is 5.22. The number of urea groups is 1. The van der Waals surface area contributed by atoms with E-state index in [4.69, 9.17) is 0 Å². The number of amides is 4. The van der Waals surface area contributed by atoms with Crippen LogP contribution in [-0.2, 0) is 22.6 Å². The molecule has 2 aliphatic heterocycles. The van der Waals surface area contributed by atoms with Crippen molar-refractivity contribution in [3.8, 4) is 11.4 Å². The van der Waals surface area contributed by atoms with Gasteiger partial charge in [0.05, 0.1) is 5.56 Å². The van der Waals surface area contributed by atoms with E-state index in [-0.39, 0.29) is 11.5 Å². The number of halogens is 1. The molecule has 4 amide bonds. The van der Waals surface area contributed by atoms with E-state index in [0.717, 1.165) is 55.8 Å². The van der Waals surface area contributed by atoms with Gasteiger partial charge in [0.1, 0.15) is 23.7 Å². The lowest BCUT2D eigenvalue weighted by Crippen LogP contribution is -2.49. The van der Waals surface area contributed by atoms with Crippen molar-refractivity contribution in [1.29, 1.82) is 0 Å². The van der Waals surface area contributed by atoms with E-state index in [2.05, 4.69) is 27.8 Å². The molecule has 1 saturated heterocycles. The molecule has 2 N–H and O–H groups in total. The Labute approximate surface area is 197 Å². The minimum atomic E-state index is -0.890. The van der Waals surface area contributed by atoms with Gasteiger partial charge >= 0.3 is 6.03 Å². The highest BCUT2D eigenvalue weighted by molar-refractivity contribution is 6.10. The van der Waals surface area contributed by atoms with Gasteiger partial charge < -0.3 is 15.2 Å². The van der Waals surface area contributed by atoms with Gasteiger partial charge in [-0.1, -0.05) is 13.3 Å². The van der Waals surface area contributed by atoms with Crippen LogP contribution >= 0.6 is 0 Å². The van der Waals surface area contributed by atoms with Crippen LogP contribution in [0.5, 0.6) is 0 Å². The molecular formula is C24H29FN6O3. The molecular weight excluding hydrogens is 439 g/mol. The Balaban J connectivity index is 1.30. The van der Waals surface area contributed by atoms with Crippen molar-refractivity contribution in [3.63, 3.8) is 0 Å². The second-order valence-corrected chi connectivity index (χ2v) is 9.73. The van der Waals surface area contributed by atoms with E-state index < -0.39 is 29.8 Å². The smallest absolute Gasteiger partial charge is 0.325 e. The summed E-state index contributed by atoms with van der Waals surface area (Å²) in [5.74, 6) is 0.465. The Hall–Kier alpha value is -3.30. The van der Waals surface area contributed by atoms with E-state index >= 15 is 0 Å². The van der Waals surface area contributed by atoms with E-state index in [1.807, 2.05) is 4.57 Å². The van der Waals surface area contributed by atoms with Crippen LogP contribution in [0.2, 0.25) is 0 Å². The zero-order valence-electron chi connectivity index (χ0n) is 19.3. The van der Waals surface area contributed by atoms with Crippen molar-refractivity contribution in [2.75, 3.05) is 11.9 Å². The summed E-state index contributed by atoms with van der Waals surface area (Å²) in [7, 11) is 0. The number of nitrogens with one attached hydrogen (secondary N) is 2. The van der Waals surface area contributed by atoms with Gasteiger partial charge in [-0.15, -0.1) is 10.2 Å². The Bertz CT molecular complexity index is 1140. The summed E-state index contributed by atoms with van der Waals surface area (Å²) < 4.78 is 16.6. The molecule has 1 saturated carbocycles. The van der Waals surface area contributed by atoms with Crippen molar-refractivity contribution in [3.05, 3.63) is 29.8 Å². The fraction of sp³-hybridized carbons (Fsp3) is 0.542. The van der Waals surface area contributed by atoms with Crippen LogP contribution < -0.4 is 10.6 Å². The Morgan fingerprint density at radius 3 is 2.79 bits per heavy atom. The number of aromatic nitrogens is 3. The predicted octanol–water partition coefficient (Wildman–Crippen LogP) is 3.25. The van der Waals surface area contributed by atoms with Crippen molar-refractivity contribution in [2.24, 2.45) is 5.92 Å². The highest BCUT2D eigenvalue weighted by Gasteiger charge is 2.52. The molecule has 1 spiro atoms. The molecule has 3 aliphatic rings. The standard InChI is InChI=1S/C24H29FN6O3/c1-15-8-10-24(11-9-15)22(33)31(23(34)27-24)14-20(32)26-16-6-7-18(25)17(13-16)21-29-28-19-5-3-2-4-12-30(19)21/h6-7,13,15H,2-5,8-12,14H2,1H3,(H,26,32)(H,27,34). The molecule has 10 heteroatoms. The van der Waals surface area contributed by atoms with E-state index in [1.165, 1.54) is 18.2 Å². The molecule has 180 valence electrons. The number of hydrogen-bond acceptors (Lipinski definition) is 5. The van der Waals surface area contributed by atoms with Gasteiger partial charge in [0.15, 0.2) is 5.82 Å². The number of rotatable bonds is 4. The first-order valence-electron chi connectivity index (χ1n) is 12.0. The highest BCUT2D eigenvalue weighted by Crippen LogP contribution is 2.36. The predicted molar refractivity (Wildman–Crippen MR) is 122 cm³/mol. The van der Waals surface area contributed by atoms with Crippen molar-refractivity contribution < 1.29 is 18.8 Å². The maximum absolute atomic E-state index is 14.7. The molecule has 0 bridgehead atoms. The molecule has 1 aliphatic carbocycles. The number of carbonyl (C=O) groups is 3. The summed E-state index contributed by atoms with van der Waals surface area (Å²) in [6.45, 7) is 2.46. The number of fused-ring (bicyclic) bond motifs is 1. The van der Waals surface area contributed by atoms with Crippen molar-refractivity contribution in [1.82, 2.24) is 25.0 Å². The van der Waals surface area contributed by atoms with Crippen LogP contribution in [0.4, 0.5) is 14.9 Å². The number of benzene rings is 1. The zero-order valence-corrected chi connectivity index (χ0v) is 19.3. The SMILES string of the molecule is CC1CCC2(CC1)NC(=O)N(CC(=O)Nc1ccc(F)c(-c3nnc4n3CCCCC4)c1)C2=O. The van der Waals surface area contributed by atoms with Gasteiger partial charge in [-0.25, -0.2) is 9.18 Å². The number of anilines is 1. The third kappa shape index (κ3) is 4.05.